The Morgan fingerprint density at radius 2 is 1.94 bits per heavy atom. The molecule has 2 aliphatic rings. The Morgan fingerprint density at radius 3 is 2.64 bits per heavy atom. The summed E-state index contributed by atoms with van der Waals surface area (Å²) in [5.74, 6) is 1.55. The normalized spacial score (nSPS) is 23.8. The monoisotopic (exact) mass is 454 g/mol. The second-order valence-electron chi connectivity index (χ2n) is 8.69. The van der Waals surface area contributed by atoms with Crippen LogP contribution in [-0.4, -0.2) is 79.0 Å². The van der Waals surface area contributed by atoms with Gasteiger partial charge in [0.1, 0.15) is 11.6 Å². The average Bonchev–Trinajstić information content (AvgIpc) is 2.88. The fraction of sp³-hybridized carbons (Fsp3) is 0.520. The summed E-state index contributed by atoms with van der Waals surface area (Å²) in [5.41, 5.74) is 0.968. The van der Waals surface area contributed by atoms with Gasteiger partial charge in [0.2, 0.25) is 0 Å². The van der Waals surface area contributed by atoms with Gasteiger partial charge in [-0.05, 0) is 49.1 Å². The van der Waals surface area contributed by atoms with E-state index in [9.17, 15) is 9.90 Å². The van der Waals surface area contributed by atoms with Crippen molar-refractivity contribution in [3.05, 3.63) is 54.2 Å². The molecule has 2 fully saturated rings. The SMILES string of the molecule is COc1ccc(CNC(=O)[C@H]2O[C@H](CCN3CCN(c4ccccn4)CC3)CC[C@@H]2O)cc1. The van der Waals surface area contributed by atoms with E-state index < -0.39 is 12.2 Å². The molecular weight excluding hydrogens is 420 g/mol. The first-order chi connectivity index (χ1) is 16.1. The van der Waals surface area contributed by atoms with Crippen LogP contribution < -0.4 is 15.0 Å². The highest BCUT2D eigenvalue weighted by Gasteiger charge is 2.35. The predicted molar refractivity (Wildman–Crippen MR) is 126 cm³/mol. The Hall–Kier alpha value is -2.68. The predicted octanol–water partition coefficient (Wildman–Crippen LogP) is 1.83. The van der Waals surface area contributed by atoms with E-state index in [0.29, 0.717) is 13.0 Å². The van der Waals surface area contributed by atoms with Crippen LogP contribution in [0.4, 0.5) is 5.82 Å². The number of nitrogens with zero attached hydrogens (tertiary/aromatic N) is 3. The Bertz CT molecular complexity index is 872. The van der Waals surface area contributed by atoms with Crippen LogP contribution >= 0.6 is 0 Å². The van der Waals surface area contributed by atoms with Crippen LogP contribution in [-0.2, 0) is 16.1 Å². The van der Waals surface area contributed by atoms with Crippen molar-refractivity contribution in [2.24, 2.45) is 0 Å². The molecule has 2 aromatic rings. The molecule has 0 bridgehead atoms. The first-order valence-electron chi connectivity index (χ1n) is 11.7. The van der Waals surface area contributed by atoms with Crippen LogP contribution in [0.1, 0.15) is 24.8 Å². The summed E-state index contributed by atoms with van der Waals surface area (Å²) in [4.78, 5) is 21.9. The smallest absolute Gasteiger partial charge is 0.252 e. The maximum absolute atomic E-state index is 12.7. The molecule has 0 saturated carbocycles. The minimum absolute atomic E-state index is 0.0149. The van der Waals surface area contributed by atoms with Gasteiger partial charge < -0.3 is 24.8 Å². The fourth-order valence-electron chi connectivity index (χ4n) is 4.42. The van der Waals surface area contributed by atoms with Crippen LogP contribution in [0.2, 0.25) is 0 Å². The largest absolute Gasteiger partial charge is 0.497 e. The fourth-order valence-corrected chi connectivity index (χ4v) is 4.42. The van der Waals surface area contributed by atoms with Crippen LogP contribution in [0.25, 0.3) is 0 Å². The number of piperazine rings is 1. The molecule has 2 aliphatic heterocycles. The third kappa shape index (κ3) is 6.43. The van der Waals surface area contributed by atoms with Gasteiger partial charge in [0.15, 0.2) is 6.10 Å². The van der Waals surface area contributed by atoms with Crippen molar-refractivity contribution in [2.75, 3.05) is 44.7 Å². The number of rotatable bonds is 8. The molecule has 4 rings (SSSR count). The summed E-state index contributed by atoms with van der Waals surface area (Å²) in [5, 5.41) is 13.2. The zero-order valence-electron chi connectivity index (χ0n) is 19.2. The van der Waals surface area contributed by atoms with Gasteiger partial charge in [-0.3, -0.25) is 9.69 Å². The van der Waals surface area contributed by atoms with Crippen molar-refractivity contribution in [1.29, 1.82) is 0 Å². The van der Waals surface area contributed by atoms with E-state index in [-0.39, 0.29) is 12.0 Å². The van der Waals surface area contributed by atoms with Gasteiger partial charge in [0.05, 0.1) is 19.3 Å². The number of aliphatic hydroxyl groups excluding tert-OH is 1. The number of anilines is 1. The molecule has 3 atom stereocenters. The van der Waals surface area contributed by atoms with Crippen molar-refractivity contribution < 1.29 is 19.4 Å². The van der Waals surface area contributed by atoms with Gasteiger partial charge in [-0.15, -0.1) is 0 Å². The lowest BCUT2D eigenvalue weighted by atomic mass is 9.98. The minimum Gasteiger partial charge on any atom is -0.497 e. The molecule has 3 heterocycles. The molecule has 1 amide bonds. The number of pyridine rings is 1. The standard InChI is InChI=1S/C25H34N4O4/c1-32-20-7-5-19(6-8-20)18-27-25(31)24-22(30)10-9-21(33-24)11-13-28-14-16-29(17-15-28)23-4-2-3-12-26-23/h2-8,12,21-22,24,30H,9-11,13-18H2,1H3,(H,27,31)/t21-,22-,24-/m0/s1. The topological polar surface area (TPSA) is 87.2 Å². The van der Waals surface area contributed by atoms with Crippen molar-refractivity contribution in [1.82, 2.24) is 15.2 Å². The Kier molecular flexibility index (Phi) is 8.15. The first kappa shape index (κ1) is 23.5. The number of hydrogen-bond donors (Lipinski definition) is 2. The van der Waals surface area contributed by atoms with Crippen LogP contribution in [0, 0.1) is 0 Å². The molecular formula is C25H34N4O4. The molecule has 1 aromatic heterocycles. The molecule has 2 saturated heterocycles. The van der Waals surface area contributed by atoms with E-state index in [1.165, 1.54) is 0 Å². The molecule has 1 aromatic carbocycles. The number of methoxy groups -OCH3 is 1. The number of carbonyl (C=O) groups excluding carboxylic acids is 1. The summed E-state index contributed by atoms with van der Waals surface area (Å²) in [6.07, 6.45) is 2.45. The highest BCUT2D eigenvalue weighted by molar-refractivity contribution is 5.81. The summed E-state index contributed by atoms with van der Waals surface area (Å²) in [7, 11) is 1.62. The molecule has 8 nitrogen and oxygen atoms in total. The number of aliphatic hydroxyl groups is 1. The van der Waals surface area contributed by atoms with E-state index >= 15 is 0 Å². The lowest BCUT2D eigenvalue weighted by Crippen LogP contribution is -2.50. The van der Waals surface area contributed by atoms with Crippen LogP contribution in [0.15, 0.2) is 48.7 Å². The van der Waals surface area contributed by atoms with Gasteiger partial charge in [0, 0.05) is 45.5 Å². The second-order valence-corrected chi connectivity index (χ2v) is 8.69. The Morgan fingerprint density at radius 1 is 1.15 bits per heavy atom. The molecule has 33 heavy (non-hydrogen) atoms. The lowest BCUT2D eigenvalue weighted by molar-refractivity contribution is -0.158. The summed E-state index contributed by atoms with van der Waals surface area (Å²) < 4.78 is 11.2. The van der Waals surface area contributed by atoms with Gasteiger partial charge >= 0.3 is 0 Å². The van der Waals surface area contributed by atoms with E-state index in [4.69, 9.17) is 9.47 Å². The van der Waals surface area contributed by atoms with E-state index in [1.54, 1.807) is 7.11 Å². The van der Waals surface area contributed by atoms with Crippen molar-refractivity contribution >= 4 is 11.7 Å². The van der Waals surface area contributed by atoms with Gasteiger partial charge in [-0.25, -0.2) is 4.98 Å². The van der Waals surface area contributed by atoms with Gasteiger partial charge in [-0.2, -0.15) is 0 Å². The molecule has 8 heteroatoms. The summed E-state index contributed by atoms with van der Waals surface area (Å²) >= 11 is 0. The molecule has 2 N–H and O–H groups in total. The van der Waals surface area contributed by atoms with E-state index in [1.807, 2.05) is 42.6 Å². The molecule has 0 spiro atoms. The quantitative estimate of drug-likeness (QED) is 0.629. The summed E-state index contributed by atoms with van der Waals surface area (Å²) in [6, 6.07) is 13.6. The highest BCUT2D eigenvalue weighted by atomic mass is 16.5. The zero-order chi connectivity index (χ0) is 23.0. The second kappa shape index (κ2) is 11.4. The molecule has 178 valence electrons. The van der Waals surface area contributed by atoms with E-state index in [2.05, 4.69) is 26.2 Å². The number of hydrogen-bond acceptors (Lipinski definition) is 7. The highest BCUT2D eigenvalue weighted by Crippen LogP contribution is 2.23. The number of benzene rings is 1. The van der Waals surface area contributed by atoms with Crippen LogP contribution in [0.3, 0.4) is 0 Å². The number of nitrogens with one attached hydrogen (secondary N) is 1. The van der Waals surface area contributed by atoms with Gasteiger partial charge in [-0.1, -0.05) is 18.2 Å². The maximum Gasteiger partial charge on any atom is 0.252 e. The van der Waals surface area contributed by atoms with Gasteiger partial charge in [0.25, 0.3) is 5.91 Å². The van der Waals surface area contributed by atoms with Crippen molar-refractivity contribution in [3.8, 4) is 5.75 Å². The summed E-state index contributed by atoms with van der Waals surface area (Å²) in [6.45, 7) is 5.20. The zero-order valence-corrected chi connectivity index (χ0v) is 19.2. The molecule has 0 unspecified atom stereocenters. The number of aromatic nitrogens is 1. The van der Waals surface area contributed by atoms with Crippen molar-refractivity contribution in [3.63, 3.8) is 0 Å². The molecule has 0 radical (unpaired) electrons. The van der Waals surface area contributed by atoms with E-state index in [0.717, 1.165) is 62.7 Å². The minimum atomic E-state index is -0.817. The molecule has 0 aliphatic carbocycles. The lowest BCUT2D eigenvalue weighted by Gasteiger charge is -2.37. The number of carbonyl (C=O) groups is 1. The third-order valence-corrected chi connectivity index (χ3v) is 6.47. The van der Waals surface area contributed by atoms with Crippen LogP contribution in [0.5, 0.6) is 5.75 Å². The Balaban J connectivity index is 1.20. The first-order valence-corrected chi connectivity index (χ1v) is 11.7. The maximum atomic E-state index is 12.7. The van der Waals surface area contributed by atoms with Crippen molar-refractivity contribution in [2.45, 2.75) is 44.1 Å². The number of amides is 1. The average molecular weight is 455 g/mol. The Labute approximate surface area is 195 Å². The third-order valence-electron chi connectivity index (χ3n) is 6.47. The number of ether oxygens (including phenoxy) is 2.